The van der Waals surface area contributed by atoms with Crippen LogP contribution in [0.2, 0.25) is 0 Å². The summed E-state index contributed by atoms with van der Waals surface area (Å²) in [6.07, 6.45) is -3.12. The molecule has 0 spiro atoms. The van der Waals surface area contributed by atoms with Gasteiger partial charge >= 0.3 is 6.36 Å². The van der Waals surface area contributed by atoms with Crippen molar-refractivity contribution >= 4 is 5.91 Å². The molecule has 0 radical (unpaired) electrons. The van der Waals surface area contributed by atoms with Crippen LogP contribution < -0.4 is 10.1 Å². The van der Waals surface area contributed by atoms with Crippen LogP contribution in [0.5, 0.6) is 5.75 Å². The number of nitrogens with zero attached hydrogens (tertiary/aromatic N) is 1. The van der Waals surface area contributed by atoms with Crippen LogP contribution in [-0.2, 0) is 0 Å². The molecule has 1 saturated heterocycles. The molecule has 1 amide bonds. The average Bonchev–Trinajstić information content (AvgIpc) is 2.45. The van der Waals surface area contributed by atoms with Crippen molar-refractivity contribution in [2.75, 3.05) is 27.2 Å². The van der Waals surface area contributed by atoms with Gasteiger partial charge in [-0.3, -0.25) is 4.79 Å². The largest absolute Gasteiger partial charge is 0.573 e. The molecular weight excluding hydrogens is 297 g/mol. The number of piperidine rings is 1. The zero-order valence-electron chi connectivity index (χ0n) is 12.5. The van der Waals surface area contributed by atoms with E-state index in [4.69, 9.17) is 0 Å². The number of alkyl halides is 3. The first-order valence-electron chi connectivity index (χ1n) is 7.09. The lowest BCUT2D eigenvalue weighted by Crippen LogP contribution is -2.27. The predicted molar refractivity (Wildman–Crippen MR) is 76.0 cm³/mol. The highest BCUT2D eigenvalue weighted by atomic mass is 19.4. The van der Waals surface area contributed by atoms with Gasteiger partial charge in [0.15, 0.2) is 0 Å². The third-order valence-corrected chi connectivity index (χ3v) is 3.63. The van der Waals surface area contributed by atoms with Crippen molar-refractivity contribution in [2.24, 2.45) is 0 Å². The molecule has 22 heavy (non-hydrogen) atoms. The SMILES string of the molecule is CN(C)C(=O)c1cc(OC(F)(F)F)cc(C2CCNCC2)c1. The Morgan fingerprint density at radius 3 is 2.41 bits per heavy atom. The Kier molecular flexibility index (Phi) is 4.95. The van der Waals surface area contributed by atoms with E-state index in [2.05, 4.69) is 10.1 Å². The molecule has 1 aromatic rings. The fraction of sp³-hybridized carbons (Fsp3) is 0.533. The Labute approximate surface area is 127 Å². The minimum Gasteiger partial charge on any atom is -0.406 e. The van der Waals surface area contributed by atoms with Crippen molar-refractivity contribution in [3.05, 3.63) is 29.3 Å². The number of carbonyl (C=O) groups is 1. The molecule has 1 aromatic carbocycles. The van der Waals surface area contributed by atoms with Gasteiger partial charge in [0, 0.05) is 19.7 Å². The smallest absolute Gasteiger partial charge is 0.406 e. The fourth-order valence-corrected chi connectivity index (χ4v) is 2.59. The number of carbonyl (C=O) groups excluding carboxylic acids is 1. The Morgan fingerprint density at radius 2 is 1.86 bits per heavy atom. The van der Waals surface area contributed by atoms with Gasteiger partial charge in [0.05, 0.1) is 0 Å². The van der Waals surface area contributed by atoms with Crippen molar-refractivity contribution in [3.8, 4) is 5.75 Å². The first-order valence-corrected chi connectivity index (χ1v) is 7.09. The third kappa shape index (κ3) is 4.37. The number of nitrogens with one attached hydrogen (secondary N) is 1. The van der Waals surface area contributed by atoms with Crippen LogP contribution in [0, 0.1) is 0 Å². The summed E-state index contributed by atoms with van der Waals surface area (Å²) in [5, 5.41) is 3.21. The van der Waals surface area contributed by atoms with Crippen LogP contribution in [0.3, 0.4) is 0 Å². The van der Waals surface area contributed by atoms with E-state index in [0.717, 1.165) is 32.0 Å². The Bertz CT molecular complexity index is 538. The molecule has 1 aliphatic heterocycles. The molecule has 1 N–H and O–H groups in total. The molecule has 0 atom stereocenters. The minimum absolute atomic E-state index is 0.131. The topological polar surface area (TPSA) is 41.6 Å². The van der Waals surface area contributed by atoms with Gasteiger partial charge in [-0.25, -0.2) is 0 Å². The lowest BCUT2D eigenvalue weighted by Gasteiger charge is -2.24. The highest BCUT2D eigenvalue weighted by Gasteiger charge is 2.32. The van der Waals surface area contributed by atoms with E-state index in [-0.39, 0.29) is 23.1 Å². The lowest BCUT2D eigenvalue weighted by molar-refractivity contribution is -0.274. The molecule has 122 valence electrons. The second kappa shape index (κ2) is 6.56. The maximum Gasteiger partial charge on any atom is 0.573 e. The Hall–Kier alpha value is -1.76. The normalized spacial score (nSPS) is 16.4. The average molecular weight is 316 g/mol. The zero-order chi connectivity index (χ0) is 16.3. The van der Waals surface area contributed by atoms with E-state index in [1.165, 1.54) is 11.0 Å². The summed E-state index contributed by atoms with van der Waals surface area (Å²) >= 11 is 0. The predicted octanol–water partition coefficient (Wildman–Crippen LogP) is 2.75. The molecule has 2 rings (SSSR count). The van der Waals surface area contributed by atoms with Gasteiger partial charge in [-0.15, -0.1) is 13.2 Å². The summed E-state index contributed by atoms with van der Waals surface area (Å²) in [5.74, 6) is -0.553. The molecule has 0 saturated carbocycles. The van der Waals surface area contributed by atoms with E-state index in [1.807, 2.05) is 0 Å². The fourth-order valence-electron chi connectivity index (χ4n) is 2.59. The Morgan fingerprint density at radius 1 is 1.23 bits per heavy atom. The summed E-state index contributed by atoms with van der Waals surface area (Å²) in [6.45, 7) is 1.62. The molecule has 7 heteroatoms. The molecule has 0 aromatic heterocycles. The summed E-state index contributed by atoms with van der Waals surface area (Å²) in [6, 6.07) is 4.19. The van der Waals surface area contributed by atoms with Crippen molar-refractivity contribution in [1.29, 1.82) is 0 Å². The van der Waals surface area contributed by atoms with E-state index < -0.39 is 6.36 Å². The highest BCUT2D eigenvalue weighted by Crippen LogP contribution is 2.32. The van der Waals surface area contributed by atoms with Gasteiger partial charge in [0.2, 0.25) is 0 Å². The van der Waals surface area contributed by atoms with Crippen molar-refractivity contribution < 1.29 is 22.7 Å². The van der Waals surface area contributed by atoms with Gasteiger partial charge in [-0.2, -0.15) is 0 Å². The van der Waals surface area contributed by atoms with Crippen LogP contribution >= 0.6 is 0 Å². The van der Waals surface area contributed by atoms with Crippen LogP contribution in [-0.4, -0.2) is 44.4 Å². The van der Waals surface area contributed by atoms with Gasteiger partial charge < -0.3 is 15.0 Å². The number of halogens is 3. The number of benzene rings is 1. The quantitative estimate of drug-likeness (QED) is 0.932. The van der Waals surface area contributed by atoms with Crippen molar-refractivity contribution in [2.45, 2.75) is 25.1 Å². The Balaban J connectivity index is 2.36. The van der Waals surface area contributed by atoms with E-state index >= 15 is 0 Å². The van der Waals surface area contributed by atoms with Crippen LogP contribution in [0.25, 0.3) is 0 Å². The number of hydrogen-bond acceptors (Lipinski definition) is 3. The second-order valence-corrected chi connectivity index (χ2v) is 5.56. The monoisotopic (exact) mass is 316 g/mol. The molecule has 0 bridgehead atoms. The van der Waals surface area contributed by atoms with Gasteiger partial charge in [-0.05, 0) is 55.6 Å². The molecule has 0 unspecified atom stereocenters. The maximum absolute atomic E-state index is 12.5. The summed E-state index contributed by atoms with van der Waals surface area (Å²) < 4.78 is 41.5. The number of rotatable bonds is 3. The van der Waals surface area contributed by atoms with Gasteiger partial charge in [0.1, 0.15) is 5.75 Å². The van der Waals surface area contributed by atoms with E-state index in [1.54, 1.807) is 20.2 Å². The van der Waals surface area contributed by atoms with Crippen LogP contribution in [0.4, 0.5) is 13.2 Å². The lowest BCUT2D eigenvalue weighted by atomic mass is 9.89. The first kappa shape index (κ1) is 16.6. The summed E-state index contributed by atoms with van der Waals surface area (Å²) in [5.41, 5.74) is 0.925. The minimum atomic E-state index is -4.77. The maximum atomic E-state index is 12.5. The summed E-state index contributed by atoms with van der Waals surface area (Å²) in [4.78, 5) is 13.4. The van der Waals surface area contributed by atoms with Crippen molar-refractivity contribution in [1.82, 2.24) is 10.2 Å². The number of ether oxygens (including phenoxy) is 1. The van der Waals surface area contributed by atoms with Crippen LogP contribution in [0.1, 0.15) is 34.7 Å². The summed E-state index contributed by atoms with van der Waals surface area (Å²) in [7, 11) is 3.12. The molecule has 1 aliphatic rings. The highest BCUT2D eigenvalue weighted by molar-refractivity contribution is 5.94. The number of amides is 1. The first-order chi connectivity index (χ1) is 10.3. The molecule has 1 heterocycles. The molecule has 0 aliphatic carbocycles. The van der Waals surface area contributed by atoms with E-state index in [0.29, 0.717) is 5.56 Å². The van der Waals surface area contributed by atoms with Gasteiger partial charge in [0.25, 0.3) is 5.91 Å². The van der Waals surface area contributed by atoms with Crippen molar-refractivity contribution in [3.63, 3.8) is 0 Å². The molecule has 1 fully saturated rings. The van der Waals surface area contributed by atoms with E-state index in [9.17, 15) is 18.0 Å². The standard InChI is InChI=1S/C15H19F3N2O2/c1-20(2)14(21)12-7-11(10-3-5-19-6-4-10)8-13(9-12)22-15(16,17)18/h7-10,19H,3-6H2,1-2H3. The van der Waals surface area contributed by atoms with Gasteiger partial charge in [-0.1, -0.05) is 0 Å². The third-order valence-electron chi connectivity index (χ3n) is 3.63. The second-order valence-electron chi connectivity index (χ2n) is 5.56. The van der Waals surface area contributed by atoms with Crippen LogP contribution in [0.15, 0.2) is 18.2 Å². The molecular formula is C15H19F3N2O2. The number of hydrogen-bond donors (Lipinski definition) is 1. The molecule has 4 nitrogen and oxygen atoms in total. The zero-order valence-corrected chi connectivity index (χ0v) is 12.5.